The van der Waals surface area contributed by atoms with Gasteiger partial charge in [0.15, 0.2) is 0 Å². The number of carbonyl (C=O) groups excluding carboxylic acids is 2. The number of nitrogens with one attached hydrogen (secondary N) is 1. The highest BCUT2D eigenvalue weighted by Gasteiger charge is 2.34. The van der Waals surface area contributed by atoms with E-state index < -0.39 is 45.8 Å². The quantitative estimate of drug-likeness (QED) is 0.347. The van der Waals surface area contributed by atoms with Gasteiger partial charge in [-0.15, -0.1) is 0 Å². The summed E-state index contributed by atoms with van der Waals surface area (Å²) >= 11 is 12.4. The fourth-order valence-corrected chi connectivity index (χ4v) is 5.80. The molecule has 7 nitrogen and oxygen atoms in total. The van der Waals surface area contributed by atoms with Crippen LogP contribution in [0.5, 0.6) is 0 Å². The summed E-state index contributed by atoms with van der Waals surface area (Å²) in [5.41, 5.74) is -0.406. The number of sulfonamides is 1. The summed E-state index contributed by atoms with van der Waals surface area (Å²) in [6, 6.07) is 16.6. The second-order valence-corrected chi connectivity index (χ2v) is 12.7. The van der Waals surface area contributed by atoms with E-state index in [9.17, 15) is 22.4 Å². The van der Waals surface area contributed by atoms with Crippen molar-refractivity contribution in [3.8, 4) is 0 Å². The molecule has 0 bridgehead atoms. The van der Waals surface area contributed by atoms with Crippen LogP contribution in [0.2, 0.25) is 10.0 Å². The van der Waals surface area contributed by atoms with Gasteiger partial charge < -0.3 is 10.2 Å². The van der Waals surface area contributed by atoms with Gasteiger partial charge in [-0.2, -0.15) is 0 Å². The van der Waals surface area contributed by atoms with Gasteiger partial charge in [-0.25, -0.2) is 12.8 Å². The normalized spacial score (nSPS) is 12.5. The van der Waals surface area contributed by atoms with Crippen molar-refractivity contribution in [2.24, 2.45) is 0 Å². The molecule has 3 aromatic carbocycles. The second kappa shape index (κ2) is 12.4. The van der Waals surface area contributed by atoms with E-state index in [1.807, 2.05) is 0 Å². The van der Waals surface area contributed by atoms with Crippen molar-refractivity contribution >= 4 is 50.7 Å². The predicted octanol–water partition coefficient (Wildman–Crippen LogP) is 5.66. The first kappa shape index (κ1) is 30.4. The standard InChI is InChI=1S/C28H30Cl2FN3O4S/c1-19(27(36)32-28(2,3)4)33(17-20-10-8-9-13-24(20)31)26(35)18-34(25-15-14-21(29)16-23(25)30)39(37,38)22-11-6-5-7-12-22/h5-16,19H,17-18H2,1-4H3,(H,32,36)/t19-/m0/s1. The zero-order chi connectivity index (χ0) is 29.0. The van der Waals surface area contributed by atoms with Crippen LogP contribution < -0.4 is 9.62 Å². The zero-order valence-electron chi connectivity index (χ0n) is 22.0. The molecule has 0 spiro atoms. The molecular weight excluding hydrogens is 564 g/mol. The Kier molecular flexibility index (Phi) is 9.64. The summed E-state index contributed by atoms with van der Waals surface area (Å²) in [6.07, 6.45) is 0. The largest absolute Gasteiger partial charge is 0.350 e. The number of nitrogens with zero attached hydrogens (tertiary/aromatic N) is 2. The second-order valence-electron chi connectivity index (χ2n) is 9.95. The third-order valence-corrected chi connectivity index (χ3v) is 8.06. The number of halogens is 3. The molecule has 0 aromatic heterocycles. The first-order valence-electron chi connectivity index (χ1n) is 12.1. The Hall–Kier alpha value is -3.14. The van der Waals surface area contributed by atoms with E-state index in [1.54, 1.807) is 45.0 Å². The van der Waals surface area contributed by atoms with Crippen LogP contribution in [0.25, 0.3) is 0 Å². The van der Waals surface area contributed by atoms with Crippen molar-refractivity contribution < 1.29 is 22.4 Å². The SMILES string of the molecule is C[C@@H](C(=O)NC(C)(C)C)N(Cc1ccccc1F)C(=O)CN(c1ccc(Cl)cc1Cl)S(=O)(=O)c1ccccc1. The number of amides is 2. The fourth-order valence-electron chi connectivity index (χ4n) is 3.78. The van der Waals surface area contributed by atoms with E-state index in [0.29, 0.717) is 0 Å². The van der Waals surface area contributed by atoms with Crippen LogP contribution in [-0.2, 0) is 26.2 Å². The van der Waals surface area contributed by atoms with Crippen molar-refractivity contribution in [1.29, 1.82) is 0 Å². The minimum atomic E-state index is -4.29. The van der Waals surface area contributed by atoms with Crippen LogP contribution in [0.4, 0.5) is 10.1 Å². The Balaban J connectivity index is 2.07. The molecule has 0 fully saturated rings. The van der Waals surface area contributed by atoms with Gasteiger partial charge in [0.2, 0.25) is 11.8 Å². The van der Waals surface area contributed by atoms with Crippen LogP contribution in [-0.4, -0.2) is 43.3 Å². The molecular formula is C28H30Cl2FN3O4S. The number of hydrogen-bond donors (Lipinski definition) is 1. The lowest BCUT2D eigenvalue weighted by molar-refractivity contribution is -0.140. The molecule has 0 aliphatic carbocycles. The van der Waals surface area contributed by atoms with E-state index in [1.165, 1.54) is 55.5 Å². The first-order valence-corrected chi connectivity index (χ1v) is 14.3. The third kappa shape index (κ3) is 7.71. The van der Waals surface area contributed by atoms with Gasteiger partial charge in [0.1, 0.15) is 18.4 Å². The molecule has 3 rings (SSSR count). The molecule has 0 unspecified atom stereocenters. The number of rotatable bonds is 9. The number of carbonyl (C=O) groups is 2. The Morgan fingerprint density at radius 1 is 0.974 bits per heavy atom. The topological polar surface area (TPSA) is 86.8 Å². The monoisotopic (exact) mass is 593 g/mol. The highest BCUT2D eigenvalue weighted by atomic mass is 35.5. The lowest BCUT2D eigenvalue weighted by atomic mass is 10.1. The number of hydrogen-bond acceptors (Lipinski definition) is 4. The van der Waals surface area contributed by atoms with E-state index in [2.05, 4.69) is 5.32 Å². The minimum absolute atomic E-state index is 0.00832. The molecule has 1 N–H and O–H groups in total. The summed E-state index contributed by atoms with van der Waals surface area (Å²) in [6.45, 7) is 5.90. The molecule has 0 aliphatic rings. The summed E-state index contributed by atoms with van der Waals surface area (Å²) in [4.78, 5) is 28.0. The molecule has 1 atom stereocenters. The maximum atomic E-state index is 14.6. The van der Waals surface area contributed by atoms with E-state index in [-0.39, 0.29) is 32.7 Å². The number of anilines is 1. The van der Waals surface area contributed by atoms with Crippen LogP contribution in [0, 0.1) is 5.82 Å². The van der Waals surface area contributed by atoms with E-state index >= 15 is 0 Å². The van der Waals surface area contributed by atoms with Gasteiger partial charge in [-0.3, -0.25) is 13.9 Å². The highest BCUT2D eigenvalue weighted by molar-refractivity contribution is 7.92. The van der Waals surface area contributed by atoms with Gasteiger partial charge in [-0.05, 0) is 64.1 Å². The van der Waals surface area contributed by atoms with Gasteiger partial charge >= 0.3 is 0 Å². The number of benzene rings is 3. The molecule has 39 heavy (non-hydrogen) atoms. The average Bonchev–Trinajstić information content (AvgIpc) is 2.86. The molecule has 3 aromatic rings. The molecule has 0 saturated carbocycles. The van der Waals surface area contributed by atoms with Gasteiger partial charge in [0.25, 0.3) is 10.0 Å². The van der Waals surface area contributed by atoms with Gasteiger partial charge in [0, 0.05) is 22.7 Å². The van der Waals surface area contributed by atoms with Crippen molar-refractivity contribution in [1.82, 2.24) is 10.2 Å². The van der Waals surface area contributed by atoms with Crippen LogP contribution in [0.15, 0.2) is 77.7 Å². The van der Waals surface area contributed by atoms with E-state index in [4.69, 9.17) is 23.2 Å². The van der Waals surface area contributed by atoms with E-state index in [0.717, 1.165) is 9.21 Å². The summed E-state index contributed by atoms with van der Waals surface area (Å²) in [7, 11) is -4.29. The maximum absolute atomic E-state index is 14.6. The molecule has 11 heteroatoms. The lowest BCUT2D eigenvalue weighted by Gasteiger charge is -2.33. The highest BCUT2D eigenvalue weighted by Crippen LogP contribution is 2.33. The Bertz CT molecular complexity index is 1450. The third-order valence-electron chi connectivity index (χ3n) is 5.75. The summed E-state index contributed by atoms with van der Waals surface area (Å²) in [5, 5.41) is 3.10. The zero-order valence-corrected chi connectivity index (χ0v) is 24.3. The average molecular weight is 595 g/mol. The van der Waals surface area contributed by atoms with Crippen molar-refractivity contribution in [2.45, 2.75) is 50.7 Å². The van der Waals surface area contributed by atoms with Crippen molar-refractivity contribution in [3.05, 3.63) is 94.2 Å². The molecule has 208 valence electrons. The van der Waals surface area contributed by atoms with Crippen LogP contribution >= 0.6 is 23.2 Å². The van der Waals surface area contributed by atoms with Crippen LogP contribution in [0.3, 0.4) is 0 Å². The lowest BCUT2D eigenvalue weighted by Crippen LogP contribution is -2.54. The molecule has 2 amide bonds. The minimum Gasteiger partial charge on any atom is -0.350 e. The summed E-state index contributed by atoms with van der Waals surface area (Å²) < 4.78 is 43.0. The Morgan fingerprint density at radius 2 is 1.59 bits per heavy atom. The van der Waals surface area contributed by atoms with Crippen LogP contribution in [0.1, 0.15) is 33.3 Å². The Morgan fingerprint density at radius 3 is 2.18 bits per heavy atom. The van der Waals surface area contributed by atoms with Crippen molar-refractivity contribution in [2.75, 3.05) is 10.8 Å². The Labute approximate surface area is 238 Å². The fraction of sp³-hybridized carbons (Fsp3) is 0.286. The predicted molar refractivity (Wildman–Crippen MR) is 152 cm³/mol. The summed E-state index contributed by atoms with van der Waals surface area (Å²) in [5.74, 6) is -1.78. The molecule has 0 aliphatic heterocycles. The molecule has 0 saturated heterocycles. The molecule has 0 heterocycles. The smallest absolute Gasteiger partial charge is 0.264 e. The van der Waals surface area contributed by atoms with Gasteiger partial charge in [-0.1, -0.05) is 59.6 Å². The van der Waals surface area contributed by atoms with Gasteiger partial charge in [0.05, 0.1) is 15.6 Å². The molecule has 0 radical (unpaired) electrons. The first-order chi connectivity index (χ1) is 18.2. The van der Waals surface area contributed by atoms with Crippen molar-refractivity contribution in [3.63, 3.8) is 0 Å². The maximum Gasteiger partial charge on any atom is 0.264 e.